The van der Waals surface area contributed by atoms with Crippen LogP contribution in [0.25, 0.3) is 11.3 Å². The predicted octanol–water partition coefficient (Wildman–Crippen LogP) is 2.79. The third kappa shape index (κ3) is 4.87. The lowest BCUT2D eigenvalue weighted by atomic mass is 10.0. The molecule has 0 saturated carbocycles. The minimum Gasteiger partial charge on any atom is -0.487 e. The number of fused-ring (bicyclic) bond motifs is 1. The zero-order valence-electron chi connectivity index (χ0n) is 19.8. The number of carbonyl (C=O) groups excluding carboxylic acids is 1. The van der Waals surface area contributed by atoms with Crippen LogP contribution >= 0.6 is 0 Å². The maximum Gasteiger partial charge on any atom is 0.242 e. The smallest absolute Gasteiger partial charge is 0.242 e. The Morgan fingerprint density at radius 2 is 2.06 bits per heavy atom. The second kappa shape index (κ2) is 10.1. The van der Waals surface area contributed by atoms with Gasteiger partial charge in [0.05, 0.1) is 36.8 Å². The van der Waals surface area contributed by atoms with Crippen LogP contribution < -0.4 is 10.1 Å². The van der Waals surface area contributed by atoms with Gasteiger partial charge in [0.2, 0.25) is 5.91 Å². The molecule has 182 valence electrons. The molecule has 5 rings (SSSR count). The highest BCUT2D eigenvalue weighted by molar-refractivity contribution is 5.83. The van der Waals surface area contributed by atoms with Gasteiger partial charge in [-0.2, -0.15) is 0 Å². The van der Waals surface area contributed by atoms with Crippen molar-refractivity contribution in [3.63, 3.8) is 0 Å². The summed E-state index contributed by atoms with van der Waals surface area (Å²) in [6, 6.07) is 6.38. The molecule has 4 heterocycles. The van der Waals surface area contributed by atoms with Crippen molar-refractivity contribution < 1.29 is 18.7 Å². The Balaban J connectivity index is 1.33. The van der Waals surface area contributed by atoms with Crippen molar-refractivity contribution in [1.29, 1.82) is 0 Å². The molecule has 1 aromatic carbocycles. The van der Waals surface area contributed by atoms with E-state index >= 15 is 0 Å². The predicted molar refractivity (Wildman–Crippen MR) is 127 cm³/mol. The number of hydrogen-bond donors (Lipinski definition) is 1. The monoisotopic (exact) mass is 477 g/mol. The van der Waals surface area contributed by atoms with E-state index in [0.29, 0.717) is 55.3 Å². The number of amides is 1. The van der Waals surface area contributed by atoms with Gasteiger partial charge in [-0.15, -0.1) is 0 Å². The fraction of sp³-hybridized carbons (Fsp3) is 0.385. The Morgan fingerprint density at radius 3 is 2.83 bits per heavy atom. The lowest BCUT2D eigenvalue weighted by Crippen LogP contribution is -2.47. The molecule has 1 N–H and O–H groups in total. The van der Waals surface area contributed by atoms with Gasteiger partial charge >= 0.3 is 0 Å². The molecular formula is C26H28FN5O3. The van der Waals surface area contributed by atoms with Crippen molar-refractivity contribution in [3.05, 3.63) is 71.2 Å². The summed E-state index contributed by atoms with van der Waals surface area (Å²) in [7, 11) is 0. The largest absolute Gasteiger partial charge is 0.487 e. The third-order valence-electron chi connectivity index (χ3n) is 6.41. The van der Waals surface area contributed by atoms with E-state index in [2.05, 4.69) is 25.2 Å². The summed E-state index contributed by atoms with van der Waals surface area (Å²) >= 11 is 0. The molecular weight excluding hydrogens is 449 g/mol. The van der Waals surface area contributed by atoms with Crippen molar-refractivity contribution in [1.82, 2.24) is 25.2 Å². The van der Waals surface area contributed by atoms with Crippen molar-refractivity contribution in [2.24, 2.45) is 0 Å². The molecule has 0 aliphatic carbocycles. The fourth-order valence-electron chi connectivity index (χ4n) is 4.67. The SMILES string of the molecule is Cc1cnc(C)c(-c2ccc(F)c3c2O[C@H](CNC(=O)[C@H](c2cccnc2)N2CCOCC2)C3)n1. The van der Waals surface area contributed by atoms with Crippen LogP contribution in [-0.2, 0) is 16.0 Å². The van der Waals surface area contributed by atoms with Gasteiger partial charge < -0.3 is 14.8 Å². The van der Waals surface area contributed by atoms with E-state index in [4.69, 9.17) is 9.47 Å². The number of aromatic nitrogens is 3. The summed E-state index contributed by atoms with van der Waals surface area (Å²) in [5, 5.41) is 3.03. The molecule has 3 aromatic rings. The molecule has 1 saturated heterocycles. The first-order valence-corrected chi connectivity index (χ1v) is 11.8. The van der Waals surface area contributed by atoms with Crippen molar-refractivity contribution in [3.8, 4) is 17.0 Å². The molecule has 2 aromatic heterocycles. The molecule has 1 amide bonds. The molecule has 35 heavy (non-hydrogen) atoms. The van der Waals surface area contributed by atoms with Gasteiger partial charge in [0.25, 0.3) is 0 Å². The number of ether oxygens (including phenoxy) is 2. The molecule has 2 aliphatic rings. The lowest BCUT2D eigenvalue weighted by Gasteiger charge is -2.33. The third-order valence-corrected chi connectivity index (χ3v) is 6.41. The highest BCUT2D eigenvalue weighted by Gasteiger charge is 2.33. The summed E-state index contributed by atoms with van der Waals surface area (Å²) in [5.74, 6) is 0.0159. The number of carbonyl (C=O) groups is 1. The number of nitrogens with zero attached hydrogens (tertiary/aromatic N) is 4. The first-order chi connectivity index (χ1) is 17.0. The number of benzene rings is 1. The molecule has 0 unspecified atom stereocenters. The van der Waals surface area contributed by atoms with Crippen LogP contribution in [0, 0.1) is 19.7 Å². The van der Waals surface area contributed by atoms with Gasteiger partial charge in [0.15, 0.2) is 0 Å². The summed E-state index contributed by atoms with van der Waals surface area (Å²) < 4.78 is 26.3. The summed E-state index contributed by atoms with van der Waals surface area (Å²) in [5.41, 5.74) is 4.23. The Hall–Kier alpha value is -3.43. The van der Waals surface area contributed by atoms with Crippen LogP contribution in [0.2, 0.25) is 0 Å². The van der Waals surface area contributed by atoms with Crippen molar-refractivity contribution >= 4 is 5.91 Å². The minimum atomic E-state index is -0.478. The average Bonchev–Trinajstić information content (AvgIpc) is 3.31. The Morgan fingerprint density at radius 1 is 1.23 bits per heavy atom. The van der Waals surface area contributed by atoms with Gasteiger partial charge in [0.1, 0.15) is 23.7 Å². The van der Waals surface area contributed by atoms with E-state index in [1.807, 2.05) is 26.0 Å². The average molecular weight is 478 g/mol. The van der Waals surface area contributed by atoms with Crippen LogP contribution in [0.5, 0.6) is 5.75 Å². The summed E-state index contributed by atoms with van der Waals surface area (Å²) in [6.07, 6.45) is 5.09. The number of halogens is 1. The molecule has 9 heteroatoms. The van der Waals surface area contributed by atoms with E-state index in [9.17, 15) is 9.18 Å². The number of rotatable bonds is 6. The second-order valence-corrected chi connectivity index (χ2v) is 8.87. The highest BCUT2D eigenvalue weighted by Crippen LogP contribution is 2.40. The van der Waals surface area contributed by atoms with Crippen molar-refractivity contribution in [2.45, 2.75) is 32.4 Å². The minimum absolute atomic E-state index is 0.138. The Labute approximate surface area is 203 Å². The fourth-order valence-corrected chi connectivity index (χ4v) is 4.67. The van der Waals surface area contributed by atoms with E-state index < -0.39 is 6.04 Å². The lowest BCUT2D eigenvalue weighted by molar-refractivity contribution is -0.128. The first kappa shape index (κ1) is 23.3. The highest BCUT2D eigenvalue weighted by atomic mass is 19.1. The molecule has 8 nitrogen and oxygen atoms in total. The van der Waals surface area contributed by atoms with Crippen LogP contribution in [-0.4, -0.2) is 64.7 Å². The zero-order chi connectivity index (χ0) is 24.4. The van der Waals surface area contributed by atoms with E-state index in [-0.39, 0.29) is 24.4 Å². The summed E-state index contributed by atoms with van der Waals surface area (Å²) in [6.45, 7) is 6.46. The number of aryl methyl sites for hydroxylation is 2. The molecule has 1 fully saturated rings. The van der Waals surface area contributed by atoms with Crippen molar-refractivity contribution in [2.75, 3.05) is 32.8 Å². The normalized spacial score (nSPS) is 18.5. The number of morpholine rings is 1. The Bertz CT molecular complexity index is 1220. The van der Waals surface area contributed by atoms with Crippen LogP contribution in [0.4, 0.5) is 4.39 Å². The van der Waals surface area contributed by atoms with Gasteiger partial charge in [0, 0.05) is 49.2 Å². The Kier molecular flexibility index (Phi) is 6.70. The second-order valence-electron chi connectivity index (χ2n) is 8.87. The number of nitrogens with one attached hydrogen (secondary N) is 1. The summed E-state index contributed by atoms with van der Waals surface area (Å²) in [4.78, 5) is 28.6. The quantitative estimate of drug-likeness (QED) is 0.584. The maximum absolute atomic E-state index is 14.7. The molecule has 0 radical (unpaired) electrons. The molecule has 2 aliphatic heterocycles. The molecule has 0 spiro atoms. The van der Waals surface area contributed by atoms with Gasteiger partial charge in [-0.1, -0.05) is 6.07 Å². The number of pyridine rings is 1. The van der Waals surface area contributed by atoms with Gasteiger partial charge in [-0.3, -0.25) is 19.7 Å². The van der Waals surface area contributed by atoms with Crippen LogP contribution in [0.15, 0.2) is 42.9 Å². The van der Waals surface area contributed by atoms with E-state index in [1.165, 1.54) is 6.07 Å². The van der Waals surface area contributed by atoms with Gasteiger partial charge in [-0.25, -0.2) is 9.37 Å². The first-order valence-electron chi connectivity index (χ1n) is 11.8. The zero-order valence-corrected chi connectivity index (χ0v) is 19.8. The van der Waals surface area contributed by atoms with E-state index in [1.54, 1.807) is 24.7 Å². The van der Waals surface area contributed by atoms with Crippen LogP contribution in [0.3, 0.4) is 0 Å². The topological polar surface area (TPSA) is 89.5 Å². The van der Waals surface area contributed by atoms with Crippen LogP contribution in [0.1, 0.15) is 28.6 Å². The standard InChI is InChI=1S/C26H28FN5O3/c1-16-13-29-17(2)23(31-16)20-5-6-22(27)21-12-19(35-25(20)21)15-30-26(33)24(18-4-3-7-28-14-18)32-8-10-34-11-9-32/h3-7,13-14,19,24H,8-12,15H2,1-2H3,(H,30,33)/t19-,24-/m0/s1. The maximum atomic E-state index is 14.7. The van der Waals surface area contributed by atoms with Gasteiger partial charge in [-0.05, 0) is 37.6 Å². The van der Waals surface area contributed by atoms with E-state index in [0.717, 1.165) is 17.0 Å². The molecule has 2 atom stereocenters. The number of hydrogen-bond acceptors (Lipinski definition) is 7. The molecule has 0 bridgehead atoms.